The maximum Gasteiger partial charge on any atom is 0.499 e. The van der Waals surface area contributed by atoms with E-state index in [1.165, 1.54) is 49.0 Å². The third kappa shape index (κ3) is 2.19. The summed E-state index contributed by atoms with van der Waals surface area (Å²) in [5.41, 5.74) is 1.30. The highest BCUT2D eigenvalue weighted by molar-refractivity contribution is 7.20. The van der Waals surface area contributed by atoms with Crippen LogP contribution in [0.5, 0.6) is 0 Å². The molecule has 1 aliphatic carbocycles. The average molecular weight is 210 g/mol. The van der Waals surface area contributed by atoms with Crippen molar-refractivity contribution in [2.24, 2.45) is 0 Å². The molecular formula is C10H15BO2S. The summed E-state index contributed by atoms with van der Waals surface area (Å²) in [6.45, 7) is 0. The minimum atomic E-state index is -1.29. The number of rotatable bonds is 2. The molecule has 1 saturated carbocycles. The van der Waals surface area contributed by atoms with Gasteiger partial charge in [0.2, 0.25) is 0 Å². The Bertz CT molecular complexity index is 292. The van der Waals surface area contributed by atoms with Crippen molar-refractivity contribution >= 4 is 23.2 Å². The SMILES string of the molecule is OB(O)c1cc(C2CCCCC2)cs1. The molecule has 2 rings (SSSR count). The van der Waals surface area contributed by atoms with E-state index in [4.69, 9.17) is 10.0 Å². The first kappa shape index (κ1) is 10.2. The van der Waals surface area contributed by atoms with Crippen molar-refractivity contribution in [1.29, 1.82) is 0 Å². The highest BCUT2D eigenvalue weighted by atomic mass is 32.1. The Hall–Kier alpha value is -0.315. The van der Waals surface area contributed by atoms with Gasteiger partial charge in [-0.3, -0.25) is 0 Å². The lowest BCUT2D eigenvalue weighted by Gasteiger charge is -2.20. The van der Waals surface area contributed by atoms with Crippen LogP contribution in [0.15, 0.2) is 11.4 Å². The van der Waals surface area contributed by atoms with Crippen LogP contribution in [0.4, 0.5) is 0 Å². The van der Waals surface area contributed by atoms with E-state index in [0.29, 0.717) is 10.7 Å². The van der Waals surface area contributed by atoms with Gasteiger partial charge in [-0.25, -0.2) is 0 Å². The average Bonchev–Trinajstić information content (AvgIpc) is 2.68. The number of hydrogen-bond donors (Lipinski definition) is 2. The lowest BCUT2D eigenvalue weighted by Crippen LogP contribution is -2.26. The Morgan fingerprint density at radius 2 is 1.93 bits per heavy atom. The molecule has 0 atom stereocenters. The van der Waals surface area contributed by atoms with Crippen LogP contribution in [0.1, 0.15) is 43.6 Å². The van der Waals surface area contributed by atoms with Gasteiger partial charge < -0.3 is 10.0 Å². The number of thiophene rings is 1. The summed E-state index contributed by atoms with van der Waals surface area (Å²) < 4.78 is 0.672. The van der Waals surface area contributed by atoms with Crippen LogP contribution in [-0.4, -0.2) is 17.2 Å². The van der Waals surface area contributed by atoms with Crippen molar-refractivity contribution in [2.45, 2.75) is 38.0 Å². The van der Waals surface area contributed by atoms with Crippen molar-refractivity contribution in [3.63, 3.8) is 0 Å². The first-order valence-corrected chi connectivity index (χ1v) is 6.10. The number of hydrogen-bond acceptors (Lipinski definition) is 3. The van der Waals surface area contributed by atoms with Crippen molar-refractivity contribution < 1.29 is 10.0 Å². The predicted octanol–water partition coefficient (Wildman–Crippen LogP) is 1.48. The van der Waals surface area contributed by atoms with Gasteiger partial charge in [-0.15, -0.1) is 0 Å². The topological polar surface area (TPSA) is 40.5 Å². The van der Waals surface area contributed by atoms with E-state index in [2.05, 4.69) is 5.38 Å². The van der Waals surface area contributed by atoms with E-state index < -0.39 is 7.12 Å². The molecule has 0 bridgehead atoms. The lowest BCUT2D eigenvalue weighted by atomic mass is 9.83. The van der Waals surface area contributed by atoms with Crippen molar-refractivity contribution in [2.75, 3.05) is 0 Å². The second-order valence-corrected chi connectivity index (χ2v) is 4.93. The van der Waals surface area contributed by atoms with Crippen molar-refractivity contribution in [3.05, 3.63) is 17.0 Å². The van der Waals surface area contributed by atoms with Crippen molar-refractivity contribution in [3.8, 4) is 0 Å². The van der Waals surface area contributed by atoms with E-state index >= 15 is 0 Å². The van der Waals surface area contributed by atoms with E-state index in [9.17, 15) is 0 Å². The second-order valence-electron chi connectivity index (χ2n) is 3.99. The minimum absolute atomic E-state index is 0.660. The Labute approximate surface area is 88.7 Å². The quantitative estimate of drug-likeness (QED) is 0.725. The van der Waals surface area contributed by atoms with E-state index in [1.54, 1.807) is 0 Å². The molecule has 2 N–H and O–H groups in total. The molecule has 0 aromatic carbocycles. The zero-order valence-corrected chi connectivity index (χ0v) is 8.96. The van der Waals surface area contributed by atoms with Gasteiger partial charge in [-0.05, 0) is 35.8 Å². The maximum atomic E-state index is 9.00. The molecule has 0 saturated heterocycles. The molecular weight excluding hydrogens is 195 g/mol. The van der Waals surface area contributed by atoms with Gasteiger partial charge in [0.25, 0.3) is 0 Å². The molecule has 0 spiro atoms. The zero-order chi connectivity index (χ0) is 9.97. The Balaban J connectivity index is 2.07. The van der Waals surface area contributed by atoms with Crippen LogP contribution in [-0.2, 0) is 0 Å². The maximum absolute atomic E-state index is 9.00. The summed E-state index contributed by atoms with van der Waals surface area (Å²) in [5, 5.41) is 20.1. The van der Waals surface area contributed by atoms with Gasteiger partial charge >= 0.3 is 7.12 Å². The summed E-state index contributed by atoms with van der Waals surface area (Å²) in [7, 11) is -1.29. The van der Waals surface area contributed by atoms with E-state index in [0.717, 1.165) is 0 Å². The molecule has 2 nitrogen and oxygen atoms in total. The summed E-state index contributed by atoms with van der Waals surface area (Å²) in [4.78, 5) is 0. The molecule has 4 heteroatoms. The van der Waals surface area contributed by atoms with E-state index in [1.807, 2.05) is 6.07 Å². The predicted molar refractivity (Wildman–Crippen MR) is 60.0 cm³/mol. The van der Waals surface area contributed by atoms with Gasteiger partial charge in [0.1, 0.15) is 0 Å². The molecule has 1 aliphatic rings. The van der Waals surface area contributed by atoms with Crippen LogP contribution in [0.2, 0.25) is 0 Å². The van der Waals surface area contributed by atoms with Crippen LogP contribution < -0.4 is 4.78 Å². The summed E-state index contributed by atoms with van der Waals surface area (Å²) in [6.07, 6.45) is 6.51. The second kappa shape index (κ2) is 4.47. The van der Waals surface area contributed by atoms with Crippen LogP contribution >= 0.6 is 11.3 Å². The highest BCUT2D eigenvalue weighted by Crippen LogP contribution is 2.32. The minimum Gasteiger partial charge on any atom is -0.423 e. The lowest BCUT2D eigenvalue weighted by molar-refractivity contribution is 0.426. The fraction of sp³-hybridized carbons (Fsp3) is 0.600. The first-order chi connectivity index (χ1) is 6.77. The van der Waals surface area contributed by atoms with Gasteiger partial charge in [0, 0.05) is 4.78 Å². The zero-order valence-electron chi connectivity index (χ0n) is 8.15. The molecule has 1 aromatic rings. The standard InChI is InChI=1S/C10H15BO2S/c12-11(13)10-6-9(7-14-10)8-4-2-1-3-5-8/h6-8,12-13H,1-5H2. The molecule has 1 fully saturated rings. The Morgan fingerprint density at radius 3 is 2.50 bits per heavy atom. The summed E-state index contributed by atoms with van der Waals surface area (Å²) >= 11 is 1.45. The largest absolute Gasteiger partial charge is 0.499 e. The van der Waals surface area contributed by atoms with Crippen LogP contribution in [0, 0.1) is 0 Å². The fourth-order valence-electron chi connectivity index (χ4n) is 2.15. The molecule has 0 amide bonds. The Kier molecular flexibility index (Phi) is 3.26. The van der Waals surface area contributed by atoms with Crippen LogP contribution in [0.25, 0.3) is 0 Å². The summed E-state index contributed by atoms with van der Waals surface area (Å²) in [5.74, 6) is 0.660. The van der Waals surface area contributed by atoms with Gasteiger partial charge in [-0.1, -0.05) is 19.3 Å². The molecule has 1 aromatic heterocycles. The van der Waals surface area contributed by atoms with Gasteiger partial charge in [0.15, 0.2) is 0 Å². The fourth-order valence-corrected chi connectivity index (χ4v) is 3.01. The Morgan fingerprint density at radius 1 is 1.21 bits per heavy atom. The van der Waals surface area contributed by atoms with E-state index in [-0.39, 0.29) is 0 Å². The smallest absolute Gasteiger partial charge is 0.423 e. The normalized spacial score (nSPS) is 18.4. The summed E-state index contributed by atoms with van der Waals surface area (Å²) in [6, 6.07) is 1.95. The molecule has 0 radical (unpaired) electrons. The molecule has 0 aliphatic heterocycles. The first-order valence-electron chi connectivity index (χ1n) is 5.22. The third-order valence-corrected chi connectivity index (χ3v) is 3.96. The van der Waals surface area contributed by atoms with Gasteiger partial charge in [-0.2, -0.15) is 11.3 Å². The molecule has 76 valence electrons. The van der Waals surface area contributed by atoms with Crippen molar-refractivity contribution in [1.82, 2.24) is 0 Å². The molecule has 1 heterocycles. The molecule has 0 unspecified atom stereocenters. The third-order valence-electron chi connectivity index (χ3n) is 2.97. The highest BCUT2D eigenvalue weighted by Gasteiger charge is 2.19. The monoisotopic (exact) mass is 210 g/mol. The molecule has 14 heavy (non-hydrogen) atoms. The van der Waals surface area contributed by atoms with Gasteiger partial charge in [0.05, 0.1) is 0 Å². The van der Waals surface area contributed by atoms with Crippen LogP contribution in [0.3, 0.4) is 0 Å².